The third kappa shape index (κ3) is 3.81. The van der Waals surface area contributed by atoms with Gasteiger partial charge in [-0.1, -0.05) is 36.1 Å². The molecule has 27 heavy (non-hydrogen) atoms. The molecule has 2 aromatic rings. The molecule has 0 atom stereocenters. The zero-order chi connectivity index (χ0) is 19.6. The molecule has 0 saturated carbocycles. The number of nitrogens with zero attached hydrogens (tertiary/aromatic N) is 1. The van der Waals surface area contributed by atoms with Gasteiger partial charge in [-0.05, 0) is 42.0 Å². The summed E-state index contributed by atoms with van der Waals surface area (Å²) >= 11 is 6.48. The molecule has 1 N–H and O–H groups in total. The molecule has 0 bridgehead atoms. The lowest BCUT2D eigenvalue weighted by atomic mass is 10.1. The number of amides is 1. The Bertz CT molecular complexity index is 970. The van der Waals surface area contributed by atoms with Crippen molar-refractivity contribution in [1.29, 1.82) is 0 Å². The number of rotatable bonds is 5. The van der Waals surface area contributed by atoms with Crippen LogP contribution >= 0.6 is 24.0 Å². The second kappa shape index (κ2) is 7.81. The average molecular weight is 401 g/mol. The number of hydrogen-bond acceptors (Lipinski definition) is 6. The summed E-state index contributed by atoms with van der Waals surface area (Å²) in [5, 5.41) is 9.15. The average Bonchev–Trinajstić information content (AvgIpc) is 2.94. The van der Waals surface area contributed by atoms with E-state index >= 15 is 0 Å². The van der Waals surface area contributed by atoms with Crippen molar-refractivity contribution in [1.82, 2.24) is 0 Å². The second-order valence-electron chi connectivity index (χ2n) is 5.49. The molecule has 2 aromatic carbocycles. The van der Waals surface area contributed by atoms with Gasteiger partial charge in [0.05, 0.1) is 30.4 Å². The van der Waals surface area contributed by atoms with Gasteiger partial charge in [0.15, 0.2) is 15.8 Å². The third-order valence-electron chi connectivity index (χ3n) is 3.85. The summed E-state index contributed by atoms with van der Waals surface area (Å²) in [6, 6.07) is 11.4. The van der Waals surface area contributed by atoms with E-state index in [0.29, 0.717) is 26.4 Å². The molecule has 0 unspecified atom stereocenters. The lowest BCUT2D eigenvalue weighted by Gasteiger charge is -2.14. The maximum absolute atomic E-state index is 12.8. The molecular formula is C19H15NO5S2. The van der Waals surface area contributed by atoms with Crippen molar-refractivity contribution in [3.8, 4) is 11.5 Å². The number of benzene rings is 2. The number of carboxylic acids is 1. The van der Waals surface area contributed by atoms with E-state index in [2.05, 4.69) is 0 Å². The first-order valence-electron chi connectivity index (χ1n) is 7.78. The fourth-order valence-electron chi connectivity index (χ4n) is 2.56. The molecule has 1 aliphatic heterocycles. The quantitative estimate of drug-likeness (QED) is 0.603. The highest BCUT2D eigenvalue weighted by Crippen LogP contribution is 2.37. The Morgan fingerprint density at radius 2 is 1.89 bits per heavy atom. The van der Waals surface area contributed by atoms with Gasteiger partial charge in [0.25, 0.3) is 5.91 Å². The SMILES string of the molecule is COc1ccc(C=C2SC(=S)N(c3cccc(C(=O)O)c3)C2=O)cc1OC. The largest absolute Gasteiger partial charge is 0.493 e. The molecule has 138 valence electrons. The van der Waals surface area contributed by atoms with E-state index in [1.54, 1.807) is 43.5 Å². The van der Waals surface area contributed by atoms with Gasteiger partial charge in [0.1, 0.15) is 0 Å². The number of ether oxygens (including phenoxy) is 2. The Morgan fingerprint density at radius 1 is 1.15 bits per heavy atom. The van der Waals surface area contributed by atoms with Crippen molar-refractivity contribution in [2.45, 2.75) is 0 Å². The second-order valence-corrected chi connectivity index (χ2v) is 7.16. The summed E-state index contributed by atoms with van der Waals surface area (Å²) < 4.78 is 10.8. The minimum absolute atomic E-state index is 0.0884. The van der Waals surface area contributed by atoms with Crippen LogP contribution in [0.25, 0.3) is 6.08 Å². The maximum atomic E-state index is 12.8. The van der Waals surface area contributed by atoms with Gasteiger partial charge in [-0.15, -0.1) is 0 Å². The molecule has 1 fully saturated rings. The number of carbonyl (C=O) groups is 2. The minimum atomic E-state index is -1.07. The Balaban J connectivity index is 1.93. The predicted octanol–water partition coefficient (Wildman–Crippen LogP) is 3.81. The topological polar surface area (TPSA) is 76.1 Å². The fourth-order valence-corrected chi connectivity index (χ4v) is 3.86. The molecule has 0 aliphatic carbocycles. The monoisotopic (exact) mass is 401 g/mol. The van der Waals surface area contributed by atoms with Crippen molar-refractivity contribution in [2.24, 2.45) is 0 Å². The minimum Gasteiger partial charge on any atom is -0.493 e. The molecule has 0 aromatic heterocycles. The van der Waals surface area contributed by atoms with E-state index in [4.69, 9.17) is 26.8 Å². The highest BCUT2D eigenvalue weighted by molar-refractivity contribution is 8.27. The molecule has 0 spiro atoms. The summed E-state index contributed by atoms with van der Waals surface area (Å²) in [7, 11) is 3.09. The van der Waals surface area contributed by atoms with Gasteiger partial charge in [0.2, 0.25) is 0 Å². The van der Waals surface area contributed by atoms with Crippen molar-refractivity contribution >= 4 is 51.9 Å². The Labute approximate surface area is 165 Å². The van der Waals surface area contributed by atoms with Crippen LogP contribution in [0.15, 0.2) is 47.4 Å². The molecule has 8 heteroatoms. The first kappa shape index (κ1) is 18.9. The number of methoxy groups -OCH3 is 2. The van der Waals surface area contributed by atoms with E-state index in [1.165, 1.54) is 24.1 Å². The van der Waals surface area contributed by atoms with Gasteiger partial charge in [-0.25, -0.2) is 4.79 Å². The van der Waals surface area contributed by atoms with Crippen molar-refractivity contribution in [2.75, 3.05) is 19.1 Å². The van der Waals surface area contributed by atoms with E-state index in [-0.39, 0.29) is 11.5 Å². The lowest BCUT2D eigenvalue weighted by Crippen LogP contribution is -2.27. The molecule has 3 rings (SSSR count). The van der Waals surface area contributed by atoms with E-state index in [0.717, 1.165) is 17.3 Å². The van der Waals surface area contributed by atoms with Gasteiger partial charge in [0, 0.05) is 0 Å². The molecule has 0 radical (unpaired) electrons. The third-order valence-corrected chi connectivity index (χ3v) is 5.15. The first-order chi connectivity index (χ1) is 12.9. The highest BCUT2D eigenvalue weighted by atomic mass is 32.2. The van der Waals surface area contributed by atoms with Gasteiger partial charge in [-0.3, -0.25) is 9.69 Å². The maximum Gasteiger partial charge on any atom is 0.335 e. The first-order valence-corrected chi connectivity index (χ1v) is 9.00. The van der Waals surface area contributed by atoms with E-state index in [1.807, 2.05) is 0 Å². The summed E-state index contributed by atoms with van der Waals surface area (Å²) in [5.41, 5.74) is 1.27. The Hall–Kier alpha value is -2.84. The lowest BCUT2D eigenvalue weighted by molar-refractivity contribution is -0.113. The van der Waals surface area contributed by atoms with Crippen LogP contribution in [0, 0.1) is 0 Å². The number of aromatic carboxylic acids is 1. The summed E-state index contributed by atoms with van der Waals surface area (Å²) in [4.78, 5) is 25.8. The van der Waals surface area contributed by atoms with Crippen molar-refractivity contribution in [3.05, 3.63) is 58.5 Å². The van der Waals surface area contributed by atoms with Crippen molar-refractivity contribution in [3.63, 3.8) is 0 Å². The summed E-state index contributed by atoms with van der Waals surface area (Å²) in [6.45, 7) is 0. The standard InChI is InChI=1S/C19H15NO5S2/c1-24-14-7-6-11(8-15(14)25-2)9-16-17(21)20(19(26)27-16)13-5-3-4-12(10-13)18(22)23/h3-10H,1-2H3,(H,22,23). The van der Waals surface area contributed by atoms with Crippen LogP contribution in [0.1, 0.15) is 15.9 Å². The molecule has 1 heterocycles. The molecule has 1 amide bonds. The van der Waals surface area contributed by atoms with E-state index in [9.17, 15) is 9.59 Å². The molecule has 1 aliphatic rings. The van der Waals surface area contributed by atoms with Crippen LogP contribution in [0.3, 0.4) is 0 Å². The number of thiocarbonyl (C=S) groups is 1. The number of carboxylic acid groups (broad SMARTS) is 1. The Morgan fingerprint density at radius 3 is 2.56 bits per heavy atom. The van der Waals surface area contributed by atoms with Crippen molar-refractivity contribution < 1.29 is 24.2 Å². The molecular weight excluding hydrogens is 386 g/mol. The number of anilines is 1. The summed E-state index contributed by atoms with van der Waals surface area (Å²) in [5.74, 6) is -0.228. The van der Waals surface area contributed by atoms with Gasteiger partial charge < -0.3 is 14.6 Å². The predicted molar refractivity (Wildman–Crippen MR) is 109 cm³/mol. The van der Waals surface area contributed by atoms with E-state index < -0.39 is 5.97 Å². The van der Waals surface area contributed by atoms with Crippen LogP contribution in [0.5, 0.6) is 11.5 Å². The zero-order valence-corrected chi connectivity index (χ0v) is 16.1. The number of thioether (sulfide) groups is 1. The number of hydrogen-bond donors (Lipinski definition) is 1. The van der Waals surface area contributed by atoms with Crippen LogP contribution in [-0.2, 0) is 4.79 Å². The van der Waals surface area contributed by atoms with Crippen LogP contribution < -0.4 is 14.4 Å². The van der Waals surface area contributed by atoms with Crippen LogP contribution in [-0.4, -0.2) is 35.5 Å². The Kier molecular flexibility index (Phi) is 5.48. The normalized spacial score (nSPS) is 15.3. The van der Waals surface area contributed by atoms with Gasteiger partial charge >= 0.3 is 5.97 Å². The highest BCUT2D eigenvalue weighted by Gasteiger charge is 2.33. The number of carbonyl (C=O) groups excluding carboxylic acids is 1. The van der Waals surface area contributed by atoms with Crippen LogP contribution in [0.4, 0.5) is 5.69 Å². The molecule has 1 saturated heterocycles. The van der Waals surface area contributed by atoms with Gasteiger partial charge in [-0.2, -0.15) is 0 Å². The zero-order valence-electron chi connectivity index (χ0n) is 14.5. The molecule has 6 nitrogen and oxygen atoms in total. The van der Waals surface area contributed by atoms with Crippen LogP contribution in [0.2, 0.25) is 0 Å². The summed E-state index contributed by atoms with van der Waals surface area (Å²) in [6.07, 6.45) is 1.71. The smallest absolute Gasteiger partial charge is 0.335 e. The fraction of sp³-hybridized carbons (Fsp3) is 0.105.